The van der Waals surface area contributed by atoms with Gasteiger partial charge in [0.2, 0.25) is 5.91 Å². The van der Waals surface area contributed by atoms with Crippen LogP contribution in [0.3, 0.4) is 0 Å². The van der Waals surface area contributed by atoms with Gasteiger partial charge in [0.15, 0.2) is 0 Å². The van der Waals surface area contributed by atoms with Gasteiger partial charge in [-0.2, -0.15) is 0 Å². The van der Waals surface area contributed by atoms with Crippen molar-refractivity contribution >= 4 is 5.91 Å². The largest absolute Gasteiger partial charge is 0.492 e. The molecule has 1 N–H and O–H groups in total. The van der Waals surface area contributed by atoms with Crippen molar-refractivity contribution in [3.05, 3.63) is 24.5 Å². The fourth-order valence-electron chi connectivity index (χ4n) is 2.58. The lowest BCUT2D eigenvalue weighted by atomic mass is 10.1. The number of carbonyl (C=O) groups is 1. The van der Waals surface area contributed by atoms with Crippen molar-refractivity contribution in [2.75, 3.05) is 6.61 Å². The number of nitrogens with zero attached hydrogens (tertiary/aromatic N) is 1. The first kappa shape index (κ1) is 14.8. The maximum absolute atomic E-state index is 11.9. The zero-order valence-electron chi connectivity index (χ0n) is 12.0. The van der Waals surface area contributed by atoms with E-state index in [0.717, 1.165) is 25.0 Å². The Hall–Kier alpha value is -1.58. The Morgan fingerprint density at radius 2 is 2.10 bits per heavy atom. The van der Waals surface area contributed by atoms with Crippen LogP contribution in [0, 0.1) is 0 Å². The van der Waals surface area contributed by atoms with Gasteiger partial charge in [0.1, 0.15) is 5.75 Å². The Labute approximate surface area is 120 Å². The van der Waals surface area contributed by atoms with Crippen LogP contribution in [0.25, 0.3) is 0 Å². The molecule has 0 radical (unpaired) electrons. The van der Waals surface area contributed by atoms with Crippen molar-refractivity contribution in [2.24, 2.45) is 0 Å². The highest BCUT2D eigenvalue weighted by atomic mass is 16.5. The molecule has 0 spiro atoms. The second kappa shape index (κ2) is 8.56. The predicted molar refractivity (Wildman–Crippen MR) is 78.6 cm³/mol. The topological polar surface area (TPSA) is 51.2 Å². The van der Waals surface area contributed by atoms with Gasteiger partial charge in [-0.05, 0) is 31.4 Å². The maximum Gasteiger partial charge on any atom is 0.220 e. The third kappa shape index (κ3) is 5.59. The van der Waals surface area contributed by atoms with E-state index in [9.17, 15) is 4.79 Å². The molecule has 0 unspecified atom stereocenters. The van der Waals surface area contributed by atoms with Gasteiger partial charge in [-0.1, -0.05) is 25.7 Å². The van der Waals surface area contributed by atoms with Crippen LogP contribution in [0.5, 0.6) is 5.75 Å². The predicted octanol–water partition coefficient (Wildman–Crippen LogP) is 3.08. The summed E-state index contributed by atoms with van der Waals surface area (Å²) < 4.78 is 5.52. The molecule has 0 aliphatic heterocycles. The molecule has 2 rings (SSSR count). The summed E-state index contributed by atoms with van der Waals surface area (Å²) in [6, 6.07) is 4.11. The summed E-state index contributed by atoms with van der Waals surface area (Å²) in [5, 5.41) is 3.15. The van der Waals surface area contributed by atoms with Crippen LogP contribution in [0.15, 0.2) is 24.5 Å². The number of rotatable bonds is 6. The molecule has 1 heterocycles. The summed E-state index contributed by atoms with van der Waals surface area (Å²) in [4.78, 5) is 15.8. The number of pyridine rings is 1. The molecule has 4 nitrogen and oxygen atoms in total. The molecule has 1 aromatic rings. The minimum Gasteiger partial charge on any atom is -0.492 e. The number of hydrogen-bond acceptors (Lipinski definition) is 3. The number of amides is 1. The fraction of sp³-hybridized carbons (Fsp3) is 0.625. The van der Waals surface area contributed by atoms with Crippen LogP contribution in [-0.4, -0.2) is 23.5 Å². The molecule has 1 aliphatic carbocycles. The lowest BCUT2D eigenvalue weighted by Crippen LogP contribution is -2.34. The third-order valence-corrected chi connectivity index (χ3v) is 3.67. The number of hydrogen-bond donors (Lipinski definition) is 1. The zero-order valence-corrected chi connectivity index (χ0v) is 12.0. The summed E-state index contributed by atoms with van der Waals surface area (Å²) in [7, 11) is 0. The van der Waals surface area contributed by atoms with E-state index in [-0.39, 0.29) is 5.91 Å². The zero-order chi connectivity index (χ0) is 14.0. The van der Waals surface area contributed by atoms with Crippen LogP contribution in [0.4, 0.5) is 0 Å². The van der Waals surface area contributed by atoms with Crippen molar-refractivity contribution < 1.29 is 9.53 Å². The quantitative estimate of drug-likeness (QED) is 0.641. The van der Waals surface area contributed by atoms with E-state index in [4.69, 9.17) is 4.74 Å². The Morgan fingerprint density at radius 3 is 2.80 bits per heavy atom. The van der Waals surface area contributed by atoms with E-state index < -0.39 is 0 Å². The van der Waals surface area contributed by atoms with Crippen molar-refractivity contribution in [1.29, 1.82) is 0 Å². The molecule has 1 aliphatic rings. The van der Waals surface area contributed by atoms with E-state index in [0.29, 0.717) is 19.1 Å². The number of carbonyl (C=O) groups excluding carboxylic acids is 1. The van der Waals surface area contributed by atoms with Gasteiger partial charge in [0, 0.05) is 18.7 Å². The smallest absolute Gasteiger partial charge is 0.220 e. The second-order valence-corrected chi connectivity index (χ2v) is 5.40. The molecule has 0 aromatic carbocycles. The lowest BCUT2D eigenvalue weighted by molar-refractivity contribution is -0.122. The Kier molecular flexibility index (Phi) is 6.35. The fourth-order valence-corrected chi connectivity index (χ4v) is 2.58. The van der Waals surface area contributed by atoms with Gasteiger partial charge in [0.25, 0.3) is 0 Å². The molecule has 1 saturated carbocycles. The molecular formula is C16H24N2O2. The van der Waals surface area contributed by atoms with Gasteiger partial charge in [-0.15, -0.1) is 0 Å². The van der Waals surface area contributed by atoms with Crippen LogP contribution in [0.2, 0.25) is 0 Å². The minimum absolute atomic E-state index is 0.159. The number of nitrogens with one attached hydrogen (secondary N) is 1. The monoisotopic (exact) mass is 276 g/mol. The van der Waals surface area contributed by atoms with Gasteiger partial charge in [-0.3, -0.25) is 9.78 Å². The highest BCUT2D eigenvalue weighted by molar-refractivity contribution is 5.76. The normalized spacial score (nSPS) is 16.4. The maximum atomic E-state index is 11.9. The van der Waals surface area contributed by atoms with Gasteiger partial charge >= 0.3 is 0 Å². The average Bonchev–Trinajstić information content (AvgIpc) is 2.73. The van der Waals surface area contributed by atoms with Crippen LogP contribution >= 0.6 is 0 Å². The molecule has 20 heavy (non-hydrogen) atoms. The summed E-state index contributed by atoms with van der Waals surface area (Å²) in [5.41, 5.74) is 0. The van der Waals surface area contributed by atoms with E-state index >= 15 is 0 Å². The van der Waals surface area contributed by atoms with E-state index in [2.05, 4.69) is 10.3 Å². The van der Waals surface area contributed by atoms with Crippen molar-refractivity contribution in [1.82, 2.24) is 10.3 Å². The molecule has 0 atom stereocenters. The first-order valence-corrected chi connectivity index (χ1v) is 7.67. The molecule has 4 heteroatoms. The lowest BCUT2D eigenvalue weighted by Gasteiger charge is -2.16. The summed E-state index contributed by atoms with van der Waals surface area (Å²) in [6.07, 6.45) is 12.1. The molecule has 110 valence electrons. The molecule has 1 fully saturated rings. The highest BCUT2D eigenvalue weighted by Crippen LogP contribution is 2.17. The van der Waals surface area contributed by atoms with Crippen molar-refractivity contribution in [2.45, 2.75) is 57.4 Å². The first-order chi connectivity index (χ1) is 9.84. The SMILES string of the molecule is O=C(CCCOc1cccnc1)NC1CCCCCC1. The van der Waals surface area contributed by atoms with Gasteiger partial charge < -0.3 is 10.1 Å². The summed E-state index contributed by atoms with van der Waals surface area (Å²) in [5.74, 6) is 0.920. The average molecular weight is 276 g/mol. The molecule has 1 amide bonds. The van der Waals surface area contributed by atoms with Crippen molar-refractivity contribution in [3.63, 3.8) is 0 Å². The van der Waals surface area contributed by atoms with E-state index in [1.54, 1.807) is 12.4 Å². The molecular weight excluding hydrogens is 252 g/mol. The molecule has 0 saturated heterocycles. The Morgan fingerprint density at radius 1 is 1.30 bits per heavy atom. The number of aromatic nitrogens is 1. The van der Waals surface area contributed by atoms with Crippen LogP contribution in [-0.2, 0) is 4.79 Å². The van der Waals surface area contributed by atoms with Gasteiger partial charge in [0.05, 0.1) is 12.8 Å². The van der Waals surface area contributed by atoms with Gasteiger partial charge in [-0.25, -0.2) is 0 Å². The summed E-state index contributed by atoms with van der Waals surface area (Å²) in [6.45, 7) is 0.559. The molecule has 0 bridgehead atoms. The summed E-state index contributed by atoms with van der Waals surface area (Å²) >= 11 is 0. The molecule has 1 aromatic heterocycles. The highest BCUT2D eigenvalue weighted by Gasteiger charge is 2.14. The Balaban J connectivity index is 1.58. The van der Waals surface area contributed by atoms with Crippen molar-refractivity contribution in [3.8, 4) is 5.75 Å². The Bertz CT molecular complexity index is 387. The van der Waals surface area contributed by atoms with E-state index in [1.807, 2.05) is 12.1 Å². The van der Waals surface area contributed by atoms with Crippen LogP contribution < -0.4 is 10.1 Å². The van der Waals surface area contributed by atoms with E-state index in [1.165, 1.54) is 25.7 Å². The minimum atomic E-state index is 0.159. The second-order valence-electron chi connectivity index (χ2n) is 5.40. The van der Waals surface area contributed by atoms with Crippen LogP contribution in [0.1, 0.15) is 51.4 Å². The number of ether oxygens (including phenoxy) is 1. The standard InChI is InChI=1S/C16H24N2O2/c19-16(18-14-7-3-1-2-4-8-14)10-6-12-20-15-9-5-11-17-13-15/h5,9,11,13-14H,1-4,6-8,10,12H2,(H,18,19). The third-order valence-electron chi connectivity index (χ3n) is 3.67. The first-order valence-electron chi connectivity index (χ1n) is 7.67.